The molecule has 3 heterocycles. The lowest BCUT2D eigenvalue weighted by Gasteiger charge is -2.48. The third kappa shape index (κ3) is 3.46. The van der Waals surface area contributed by atoms with Crippen LogP contribution in [0.2, 0.25) is 0 Å². The summed E-state index contributed by atoms with van der Waals surface area (Å²) >= 11 is 0. The molecular weight excluding hydrogens is 432 g/mol. The fraction of sp³-hybridized carbons (Fsp3) is 0.308. The predicted octanol–water partition coefficient (Wildman–Crippen LogP) is 3.55. The van der Waals surface area contributed by atoms with E-state index in [1.54, 1.807) is 41.2 Å². The van der Waals surface area contributed by atoms with Gasteiger partial charge >= 0.3 is 5.97 Å². The normalized spacial score (nSPS) is 19.4. The van der Waals surface area contributed by atoms with E-state index in [1.807, 2.05) is 44.2 Å². The van der Waals surface area contributed by atoms with Gasteiger partial charge in [-0.1, -0.05) is 44.2 Å². The number of benzene rings is 2. The number of esters is 1. The highest BCUT2D eigenvalue weighted by Gasteiger charge is 2.61. The molecule has 1 atom stereocenters. The molecule has 8 heteroatoms. The number of amides is 2. The van der Waals surface area contributed by atoms with E-state index in [-0.39, 0.29) is 37.2 Å². The first-order valence-corrected chi connectivity index (χ1v) is 11.4. The zero-order valence-electron chi connectivity index (χ0n) is 19.2. The molecule has 1 unspecified atom stereocenters. The summed E-state index contributed by atoms with van der Waals surface area (Å²) in [5.41, 5.74) is 0.851. The average Bonchev–Trinajstić information content (AvgIpc) is 3.46. The van der Waals surface area contributed by atoms with Crippen molar-refractivity contribution in [2.75, 3.05) is 11.4 Å². The van der Waals surface area contributed by atoms with Crippen LogP contribution in [0.4, 0.5) is 5.69 Å². The summed E-state index contributed by atoms with van der Waals surface area (Å²) in [7, 11) is 0. The third-order valence-electron chi connectivity index (χ3n) is 6.26. The van der Waals surface area contributed by atoms with Gasteiger partial charge in [-0.15, -0.1) is 0 Å². The molecule has 0 aliphatic carbocycles. The van der Waals surface area contributed by atoms with E-state index in [2.05, 4.69) is 5.10 Å². The zero-order valence-corrected chi connectivity index (χ0v) is 19.2. The second kappa shape index (κ2) is 8.44. The Morgan fingerprint density at radius 3 is 2.56 bits per heavy atom. The molecule has 1 aromatic heterocycles. The van der Waals surface area contributed by atoms with E-state index < -0.39 is 11.6 Å². The number of nitrogens with zero attached hydrogens (tertiary/aromatic N) is 4. The number of fused-ring (bicyclic) bond motifs is 3. The SMILES string of the molecule is CC(C)CN1C(=O)c2ccccc2N2C(=O)CCC12C(=O)OCc1ccn(-c2ccccc2)n1. The van der Waals surface area contributed by atoms with Crippen LogP contribution in [0.1, 0.15) is 42.7 Å². The molecule has 2 aliphatic heterocycles. The van der Waals surface area contributed by atoms with Gasteiger partial charge in [0.25, 0.3) is 5.91 Å². The van der Waals surface area contributed by atoms with Crippen molar-refractivity contribution < 1.29 is 19.1 Å². The summed E-state index contributed by atoms with van der Waals surface area (Å²) in [5, 5.41) is 4.49. The Labute approximate surface area is 197 Å². The molecule has 174 valence electrons. The molecule has 2 amide bonds. The summed E-state index contributed by atoms with van der Waals surface area (Å²) < 4.78 is 7.45. The van der Waals surface area contributed by atoms with Crippen LogP contribution in [0.5, 0.6) is 0 Å². The maximum atomic E-state index is 13.7. The summed E-state index contributed by atoms with van der Waals surface area (Å²) in [4.78, 5) is 43.2. The molecule has 0 radical (unpaired) electrons. The van der Waals surface area contributed by atoms with Crippen LogP contribution >= 0.6 is 0 Å². The molecule has 2 aromatic carbocycles. The standard InChI is InChI=1S/C26H26N4O4/c1-18(2)16-28-24(32)21-10-6-7-11-22(21)30-23(31)12-14-26(28,30)25(33)34-17-19-13-15-29(27-19)20-8-4-3-5-9-20/h3-11,13,15,18H,12,14,16-17H2,1-2H3. The highest BCUT2D eigenvalue weighted by molar-refractivity contribution is 6.15. The van der Waals surface area contributed by atoms with E-state index in [0.717, 1.165) is 5.69 Å². The monoisotopic (exact) mass is 458 g/mol. The van der Waals surface area contributed by atoms with Crippen LogP contribution in [0, 0.1) is 5.92 Å². The summed E-state index contributed by atoms with van der Waals surface area (Å²) in [6, 6.07) is 18.3. The fourth-order valence-corrected chi connectivity index (χ4v) is 4.78. The minimum absolute atomic E-state index is 0.0617. The van der Waals surface area contributed by atoms with Crippen LogP contribution in [0.25, 0.3) is 5.69 Å². The topological polar surface area (TPSA) is 84.7 Å². The molecule has 8 nitrogen and oxygen atoms in total. The van der Waals surface area contributed by atoms with Crippen molar-refractivity contribution in [3.63, 3.8) is 0 Å². The Hall–Kier alpha value is -3.94. The largest absolute Gasteiger partial charge is 0.456 e. The number of rotatable bonds is 6. The molecule has 1 fully saturated rings. The second-order valence-corrected chi connectivity index (χ2v) is 9.04. The van der Waals surface area contributed by atoms with E-state index in [0.29, 0.717) is 23.5 Å². The predicted molar refractivity (Wildman–Crippen MR) is 125 cm³/mol. The summed E-state index contributed by atoms with van der Waals surface area (Å²) in [5.74, 6) is -0.978. The maximum absolute atomic E-state index is 13.7. The first-order valence-electron chi connectivity index (χ1n) is 11.4. The van der Waals surface area contributed by atoms with Gasteiger partial charge in [-0.05, 0) is 36.2 Å². The number of hydrogen-bond acceptors (Lipinski definition) is 5. The third-order valence-corrected chi connectivity index (χ3v) is 6.26. The Balaban J connectivity index is 1.46. The van der Waals surface area contributed by atoms with Crippen molar-refractivity contribution in [2.24, 2.45) is 5.92 Å². The van der Waals surface area contributed by atoms with Gasteiger partial charge in [-0.25, -0.2) is 9.48 Å². The summed E-state index contributed by atoms with van der Waals surface area (Å²) in [6.45, 7) is 4.22. The second-order valence-electron chi connectivity index (χ2n) is 9.04. The Kier molecular flexibility index (Phi) is 5.43. The number of anilines is 1. The molecule has 0 N–H and O–H groups in total. The van der Waals surface area contributed by atoms with Crippen LogP contribution in [-0.2, 0) is 20.9 Å². The first-order chi connectivity index (χ1) is 16.4. The van der Waals surface area contributed by atoms with Crippen molar-refractivity contribution >= 4 is 23.5 Å². The molecule has 34 heavy (non-hydrogen) atoms. The van der Waals surface area contributed by atoms with Gasteiger partial charge in [0, 0.05) is 25.6 Å². The Morgan fingerprint density at radius 2 is 1.79 bits per heavy atom. The zero-order chi connectivity index (χ0) is 23.9. The maximum Gasteiger partial charge on any atom is 0.354 e. The molecule has 1 saturated heterocycles. The Morgan fingerprint density at radius 1 is 1.06 bits per heavy atom. The average molecular weight is 459 g/mol. The van der Waals surface area contributed by atoms with Crippen LogP contribution in [-0.4, -0.2) is 44.7 Å². The van der Waals surface area contributed by atoms with Gasteiger partial charge in [0.05, 0.1) is 16.9 Å². The van der Waals surface area contributed by atoms with Crippen molar-refractivity contribution in [3.05, 3.63) is 78.1 Å². The van der Waals surface area contributed by atoms with E-state index >= 15 is 0 Å². The van der Waals surface area contributed by atoms with Crippen molar-refractivity contribution in [1.29, 1.82) is 0 Å². The van der Waals surface area contributed by atoms with Gasteiger partial charge in [-0.3, -0.25) is 14.5 Å². The van der Waals surface area contributed by atoms with Crippen molar-refractivity contribution in [1.82, 2.24) is 14.7 Å². The first kappa shape index (κ1) is 21.9. The van der Waals surface area contributed by atoms with Crippen LogP contribution in [0.15, 0.2) is 66.9 Å². The highest BCUT2D eigenvalue weighted by Crippen LogP contribution is 2.45. The number of para-hydroxylation sites is 2. The molecule has 0 bridgehead atoms. The number of hydrogen-bond donors (Lipinski definition) is 0. The lowest BCUT2D eigenvalue weighted by Crippen LogP contribution is -2.69. The van der Waals surface area contributed by atoms with Gasteiger partial charge in [0.2, 0.25) is 11.6 Å². The fourth-order valence-electron chi connectivity index (χ4n) is 4.78. The number of aromatic nitrogens is 2. The minimum Gasteiger partial charge on any atom is -0.456 e. The van der Waals surface area contributed by atoms with E-state index in [4.69, 9.17) is 4.74 Å². The molecule has 0 spiro atoms. The molecule has 0 saturated carbocycles. The highest BCUT2D eigenvalue weighted by atomic mass is 16.5. The lowest BCUT2D eigenvalue weighted by molar-refractivity contribution is -0.159. The molecule has 2 aliphatic rings. The van der Waals surface area contributed by atoms with E-state index in [9.17, 15) is 14.4 Å². The van der Waals surface area contributed by atoms with Crippen molar-refractivity contribution in [3.8, 4) is 5.69 Å². The molecular formula is C26H26N4O4. The van der Waals surface area contributed by atoms with Crippen LogP contribution in [0.3, 0.4) is 0 Å². The lowest BCUT2D eigenvalue weighted by atomic mass is 9.95. The van der Waals surface area contributed by atoms with Gasteiger partial charge in [-0.2, -0.15) is 5.10 Å². The number of carbonyl (C=O) groups excluding carboxylic acids is 3. The minimum atomic E-state index is -1.49. The van der Waals surface area contributed by atoms with Crippen LogP contribution < -0.4 is 4.90 Å². The quantitative estimate of drug-likeness (QED) is 0.528. The molecule has 3 aromatic rings. The number of ether oxygens (including phenoxy) is 1. The van der Waals surface area contributed by atoms with E-state index in [1.165, 1.54) is 9.80 Å². The van der Waals surface area contributed by atoms with Crippen molar-refractivity contribution in [2.45, 2.75) is 39.0 Å². The van der Waals surface area contributed by atoms with Gasteiger partial charge < -0.3 is 9.64 Å². The summed E-state index contributed by atoms with van der Waals surface area (Å²) in [6.07, 6.45) is 2.15. The smallest absolute Gasteiger partial charge is 0.354 e. The van der Waals surface area contributed by atoms with Gasteiger partial charge in [0.15, 0.2) is 0 Å². The molecule has 5 rings (SSSR count). The Bertz CT molecular complexity index is 1250. The van der Waals surface area contributed by atoms with Gasteiger partial charge in [0.1, 0.15) is 12.3 Å². The number of carbonyl (C=O) groups is 3.